The van der Waals surface area contributed by atoms with Gasteiger partial charge in [0, 0.05) is 18.0 Å². The zero-order chi connectivity index (χ0) is 21.2. The van der Waals surface area contributed by atoms with Crippen LogP contribution in [0, 0.1) is 16.7 Å². The van der Waals surface area contributed by atoms with Gasteiger partial charge in [0.2, 0.25) is 5.95 Å². The number of rotatable bonds is 6. The van der Waals surface area contributed by atoms with E-state index in [4.69, 9.17) is 0 Å². The summed E-state index contributed by atoms with van der Waals surface area (Å²) in [6.45, 7) is 4.04. The van der Waals surface area contributed by atoms with Crippen molar-refractivity contribution in [2.45, 2.75) is 45.0 Å². The summed E-state index contributed by atoms with van der Waals surface area (Å²) >= 11 is 0. The van der Waals surface area contributed by atoms with Gasteiger partial charge in [-0.25, -0.2) is 4.98 Å². The molecule has 0 unspecified atom stereocenters. The van der Waals surface area contributed by atoms with Crippen molar-refractivity contribution in [3.05, 3.63) is 47.2 Å². The number of aliphatic hydroxyl groups excluding tert-OH is 1. The third kappa shape index (κ3) is 4.43. The normalized spacial score (nSPS) is 20.4. The van der Waals surface area contributed by atoms with Gasteiger partial charge in [0.1, 0.15) is 17.5 Å². The van der Waals surface area contributed by atoms with Gasteiger partial charge in [-0.2, -0.15) is 23.4 Å². The molecule has 0 saturated heterocycles. The van der Waals surface area contributed by atoms with Crippen LogP contribution in [0.1, 0.15) is 37.0 Å². The first-order valence-corrected chi connectivity index (χ1v) is 9.23. The van der Waals surface area contributed by atoms with Gasteiger partial charge in [0.05, 0.1) is 17.9 Å². The van der Waals surface area contributed by atoms with Crippen LogP contribution in [-0.2, 0) is 12.6 Å². The van der Waals surface area contributed by atoms with Gasteiger partial charge in [-0.3, -0.25) is 0 Å². The Balaban J connectivity index is 1.68. The maximum Gasteiger partial charge on any atom is 0.416 e. The number of anilines is 2. The van der Waals surface area contributed by atoms with Crippen molar-refractivity contribution >= 4 is 11.8 Å². The summed E-state index contributed by atoms with van der Waals surface area (Å²) in [6, 6.07) is 7.40. The molecule has 6 nitrogen and oxygen atoms in total. The molecule has 2 aromatic rings. The highest BCUT2D eigenvalue weighted by Gasteiger charge is 2.47. The predicted octanol–water partition coefficient (Wildman–Crippen LogP) is 3.59. The Hall–Kier alpha value is -2.86. The number of alkyl halides is 3. The van der Waals surface area contributed by atoms with E-state index in [9.17, 15) is 23.5 Å². The highest BCUT2D eigenvalue weighted by molar-refractivity contribution is 5.54. The summed E-state index contributed by atoms with van der Waals surface area (Å²) in [5, 5.41) is 25.2. The molecule has 0 aliphatic heterocycles. The molecule has 1 aromatic heterocycles. The molecule has 0 bridgehead atoms. The van der Waals surface area contributed by atoms with Crippen molar-refractivity contribution in [3.63, 3.8) is 0 Å². The van der Waals surface area contributed by atoms with Crippen LogP contribution in [-0.4, -0.2) is 33.8 Å². The first-order chi connectivity index (χ1) is 13.6. The molecule has 1 saturated carbocycles. The molecule has 2 atom stereocenters. The first kappa shape index (κ1) is 20.9. The minimum absolute atomic E-state index is 0.0500. The third-order valence-electron chi connectivity index (χ3n) is 5.44. The van der Waals surface area contributed by atoms with Crippen LogP contribution in [0.4, 0.5) is 24.9 Å². The zero-order valence-corrected chi connectivity index (χ0v) is 16.1. The van der Waals surface area contributed by atoms with Gasteiger partial charge < -0.3 is 15.7 Å². The van der Waals surface area contributed by atoms with Crippen molar-refractivity contribution in [2.24, 2.45) is 5.41 Å². The molecule has 29 heavy (non-hydrogen) atoms. The molecule has 1 aromatic carbocycles. The molecule has 0 spiro atoms. The number of nitrogens with one attached hydrogen (secondary N) is 2. The first-order valence-electron chi connectivity index (χ1n) is 9.23. The molecule has 1 fully saturated rings. The lowest BCUT2D eigenvalue weighted by Gasteiger charge is -2.49. The third-order valence-corrected chi connectivity index (χ3v) is 5.44. The SMILES string of the molecule is CC1(C)[C@@H](O)C[C@H]1Nc1nc(NCCc2ccccc2C(F)(F)F)ncc1C#N. The number of benzene rings is 1. The van der Waals surface area contributed by atoms with E-state index in [-0.39, 0.29) is 41.5 Å². The summed E-state index contributed by atoms with van der Waals surface area (Å²) in [6.07, 6.45) is -2.79. The quantitative estimate of drug-likeness (QED) is 0.680. The second-order valence-electron chi connectivity index (χ2n) is 7.67. The average Bonchev–Trinajstić information content (AvgIpc) is 2.67. The highest BCUT2D eigenvalue weighted by Crippen LogP contribution is 2.42. The minimum atomic E-state index is -4.40. The monoisotopic (exact) mass is 405 g/mol. The second-order valence-corrected chi connectivity index (χ2v) is 7.67. The van der Waals surface area contributed by atoms with Crippen molar-refractivity contribution in [1.29, 1.82) is 5.26 Å². The lowest BCUT2D eigenvalue weighted by molar-refractivity contribution is -0.138. The van der Waals surface area contributed by atoms with Crippen LogP contribution in [0.15, 0.2) is 30.5 Å². The van der Waals surface area contributed by atoms with Gasteiger partial charge in [0.15, 0.2) is 0 Å². The Labute approximate surface area is 166 Å². The van der Waals surface area contributed by atoms with Crippen molar-refractivity contribution in [2.75, 3.05) is 17.2 Å². The number of aliphatic hydroxyl groups is 1. The largest absolute Gasteiger partial charge is 0.416 e. The summed E-state index contributed by atoms with van der Waals surface area (Å²) in [7, 11) is 0. The number of aromatic nitrogens is 2. The van der Waals surface area contributed by atoms with Crippen molar-refractivity contribution in [3.8, 4) is 6.07 Å². The Morgan fingerprint density at radius 3 is 2.66 bits per heavy atom. The Morgan fingerprint density at radius 1 is 1.31 bits per heavy atom. The highest BCUT2D eigenvalue weighted by atomic mass is 19.4. The van der Waals surface area contributed by atoms with Gasteiger partial charge >= 0.3 is 6.18 Å². The number of nitrogens with zero attached hydrogens (tertiary/aromatic N) is 3. The molecule has 1 aliphatic rings. The van der Waals surface area contributed by atoms with E-state index in [1.165, 1.54) is 18.3 Å². The van der Waals surface area contributed by atoms with E-state index < -0.39 is 17.8 Å². The van der Waals surface area contributed by atoms with Gasteiger partial charge in [-0.05, 0) is 24.5 Å². The van der Waals surface area contributed by atoms with E-state index in [0.717, 1.165) is 6.07 Å². The molecule has 1 heterocycles. The van der Waals surface area contributed by atoms with E-state index in [1.54, 1.807) is 6.07 Å². The van der Waals surface area contributed by atoms with Crippen molar-refractivity contribution < 1.29 is 18.3 Å². The lowest BCUT2D eigenvalue weighted by atomic mass is 9.64. The summed E-state index contributed by atoms with van der Waals surface area (Å²) in [4.78, 5) is 8.36. The molecule has 0 radical (unpaired) electrons. The molecule has 154 valence electrons. The van der Waals surface area contributed by atoms with Crippen LogP contribution in [0.3, 0.4) is 0 Å². The van der Waals surface area contributed by atoms with Crippen LogP contribution >= 0.6 is 0 Å². The number of halogens is 3. The fourth-order valence-corrected chi connectivity index (χ4v) is 3.30. The number of nitriles is 1. The molecular weight excluding hydrogens is 383 g/mol. The van der Waals surface area contributed by atoms with Crippen molar-refractivity contribution in [1.82, 2.24) is 9.97 Å². The van der Waals surface area contributed by atoms with Crippen LogP contribution < -0.4 is 10.6 Å². The standard InChI is InChI=1S/C20H22F3N5O/c1-19(2)15(9-16(19)29)27-17-13(10-24)11-26-18(28-17)25-8-7-12-5-3-4-6-14(12)20(21,22)23/h3-6,11,15-16,29H,7-9H2,1-2H3,(H2,25,26,27,28)/t15-,16+/m1/s1. The minimum Gasteiger partial charge on any atom is -0.392 e. The molecule has 3 rings (SSSR count). The smallest absolute Gasteiger partial charge is 0.392 e. The van der Waals surface area contributed by atoms with Crippen LogP contribution in [0.5, 0.6) is 0 Å². The van der Waals surface area contributed by atoms with Gasteiger partial charge in [-0.15, -0.1) is 0 Å². The summed E-state index contributed by atoms with van der Waals surface area (Å²) in [5.41, 5.74) is -0.567. The molecular formula is C20H22F3N5O. The summed E-state index contributed by atoms with van der Waals surface area (Å²) < 4.78 is 39.3. The Bertz CT molecular complexity index is 923. The number of hydrogen-bond donors (Lipinski definition) is 3. The maximum atomic E-state index is 13.1. The van der Waals surface area contributed by atoms with Crippen LogP contribution in [0.25, 0.3) is 0 Å². The predicted molar refractivity (Wildman–Crippen MR) is 102 cm³/mol. The maximum absolute atomic E-state index is 13.1. The second kappa shape index (κ2) is 7.87. The molecule has 1 aliphatic carbocycles. The Morgan fingerprint density at radius 2 is 2.03 bits per heavy atom. The average molecular weight is 405 g/mol. The topological polar surface area (TPSA) is 93.9 Å². The fourth-order valence-electron chi connectivity index (χ4n) is 3.30. The lowest BCUT2D eigenvalue weighted by Crippen LogP contribution is -2.57. The molecule has 0 amide bonds. The van der Waals surface area contributed by atoms with E-state index in [1.807, 2.05) is 19.9 Å². The number of hydrogen-bond acceptors (Lipinski definition) is 6. The van der Waals surface area contributed by atoms with E-state index in [0.29, 0.717) is 12.2 Å². The van der Waals surface area contributed by atoms with Crippen LogP contribution in [0.2, 0.25) is 0 Å². The molecule has 9 heteroatoms. The zero-order valence-electron chi connectivity index (χ0n) is 16.1. The summed E-state index contributed by atoms with van der Waals surface area (Å²) in [5.74, 6) is 0.555. The van der Waals surface area contributed by atoms with Gasteiger partial charge in [-0.1, -0.05) is 32.0 Å². The molecule has 3 N–H and O–H groups in total. The van der Waals surface area contributed by atoms with E-state index in [2.05, 4.69) is 20.6 Å². The van der Waals surface area contributed by atoms with E-state index >= 15 is 0 Å². The Kier molecular flexibility index (Phi) is 5.66. The fraction of sp³-hybridized carbons (Fsp3) is 0.450. The van der Waals surface area contributed by atoms with Gasteiger partial charge in [0.25, 0.3) is 0 Å².